The van der Waals surface area contributed by atoms with Gasteiger partial charge in [0.1, 0.15) is 17.8 Å². The molecular weight excluding hydrogens is 270 g/mol. The van der Waals surface area contributed by atoms with Crippen LogP contribution >= 0.6 is 0 Å². The highest BCUT2D eigenvalue weighted by Crippen LogP contribution is 2.08. The van der Waals surface area contributed by atoms with E-state index in [-0.39, 0.29) is 17.6 Å². The van der Waals surface area contributed by atoms with E-state index < -0.39 is 0 Å². The number of aryl methyl sites for hydroxylation is 1. The molecule has 0 saturated heterocycles. The molecule has 1 amide bonds. The SMILES string of the molecule is CCCNc1cnc(C(=O)NC(C)c2nncn2C)cn1. The van der Waals surface area contributed by atoms with Crippen molar-refractivity contribution in [1.82, 2.24) is 30.0 Å². The summed E-state index contributed by atoms with van der Waals surface area (Å²) >= 11 is 0. The minimum Gasteiger partial charge on any atom is -0.369 e. The number of hydrogen-bond donors (Lipinski definition) is 2. The highest BCUT2D eigenvalue weighted by atomic mass is 16.2. The summed E-state index contributed by atoms with van der Waals surface area (Å²) in [7, 11) is 1.83. The van der Waals surface area contributed by atoms with Crippen molar-refractivity contribution in [3.63, 3.8) is 0 Å². The molecule has 8 nitrogen and oxygen atoms in total. The monoisotopic (exact) mass is 289 g/mol. The molecule has 0 spiro atoms. The van der Waals surface area contributed by atoms with E-state index in [1.165, 1.54) is 6.20 Å². The number of anilines is 1. The first-order valence-corrected chi connectivity index (χ1v) is 6.82. The molecule has 2 heterocycles. The van der Waals surface area contributed by atoms with E-state index in [1.54, 1.807) is 17.1 Å². The van der Waals surface area contributed by atoms with Crippen molar-refractivity contribution < 1.29 is 4.79 Å². The second kappa shape index (κ2) is 6.78. The third kappa shape index (κ3) is 3.74. The van der Waals surface area contributed by atoms with Crippen LogP contribution in [0.4, 0.5) is 5.82 Å². The maximum Gasteiger partial charge on any atom is 0.272 e. The zero-order valence-electron chi connectivity index (χ0n) is 12.4. The molecule has 1 atom stereocenters. The molecule has 0 radical (unpaired) electrons. The van der Waals surface area contributed by atoms with Gasteiger partial charge in [-0.1, -0.05) is 6.92 Å². The van der Waals surface area contributed by atoms with E-state index in [9.17, 15) is 4.79 Å². The van der Waals surface area contributed by atoms with E-state index in [1.807, 2.05) is 14.0 Å². The Morgan fingerprint density at radius 2 is 2.19 bits per heavy atom. The van der Waals surface area contributed by atoms with E-state index in [0.29, 0.717) is 11.6 Å². The number of amides is 1. The molecule has 8 heteroatoms. The second-order valence-electron chi connectivity index (χ2n) is 4.71. The number of rotatable bonds is 6. The molecular formula is C13H19N7O. The molecule has 1 unspecified atom stereocenters. The van der Waals surface area contributed by atoms with Gasteiger partial charge in [0.15, 0.2) is 5.82 Å². The molecule has 2 aromatic heterocycles. The lowest BCUT2D eigenvalue weighted by molar-refractivity contribution is 0.0932. The Bertz CT molecular complexity index is 593. The Balaban J connectivity index is 1.98. The largest absolute Gasteiger partial charge is 0.369 e. The maximum absolute atomic E-state index is 12.1. The van der Waals surface area contributed by atoms with Gasteiger partial charge in [-0.15, -0.1) is 10.2 Å². The number of hydrogen-bond acceptors (Lipinski definition) is 6. The molecule has 2 N–H and O–H groups in total. The van der Waals surface area contributed by atoms with E-state index in [0.717, 1.165) is 13.0 Å². The van der Waals surface area contributed by atoms with Crippen molar-refractivity contribution in [2.75, 3.05) is 11.9 Å². The summed E-state index contributed by atoms with van der Waals surface area (Å²) in [6.45, 7) is 4.73. The summed E-state index contributed by atoms with van der Waals surface area (Å²) in [5, 5.41) is 13.7. The van der Waals surface area contributed by atoms with Crippen molar-refractivity contribution in [2.45, 2.75) is 26.3 Å². The van der Waals surface area contributed by atoms with Gasteiger partial charge in [-0.05, 0) is 13.3 Å². The lowest BCUT2D eigenvalue weighted by Crippen LogP contribution is -2.29. The summed E-state index contributed by atoms with van der Waals surface area (Å²) in [5.41, 5.74) is 0.270. The predicted molar refractivity (Wildman–Crippen MR) is 77.7 cm³/mol. The first-order valence-electron chi connectivity index (χ1n) is 6.82. The Morgan fingerprint density at radius 1 is 1.38 bits per heavy atom. The van der Waals surface area contributed by atoms with E-state index in [2.05, 4.69) is 37.7 Å². The van der Waals surface area contributed by atoms with Crippen LogP contribution < -0.4 is 10.6 Å². The molecule has 0 aromatic carbocycles. The number of nitrogens with one attached hydrogen (secondary N) is 2. The first-order chi connectivity index (χ1) is 10.1. The van der Waals surface area contributed by atoms with Crippen molar-refractivity contribution in [2.24, 2.45) is 7.05 Å². The zero-order valence-corrected chi connectivity index (χ0v) is 12.4. The van der Waals surface area contributed by atoms with Crippen LogP contribution in [0.15, 0.2) is 18.7 Å². The zero-order chi connectivity index (χ0) is 15.2. The summed E-state index contributed by atoms with van der Waals surface area (Å²) in [6, 6.07) is -0.260. The molecule has 21 heavy (non-hydrogen) atoms. The quantitative estimate of drug-likeness (QED) is 0.820. The van der Waals surface area contributed by atoms with Gasteiger partial charge in [0, 0.05) is 13.6 Å². The fourth-order valence-corrected chi connectivity index (χ4v) is 1.81. The fraction of sp³-hybridized carbons (Fsp3) is 0.462. The molecule has 2 aromatic rings. The average Bonchev–Trinajstić information content (AvgIpc) is 2.91. The standard InChI is InChI=1S/C13H19N7O/c1-4-5-14-11-7-15-10(6-16-11)13(21)18-9(2)12-19-17-8-20(12)3/h6-9H,4-5H2,1-3H3,(H,14,16)(H,18,21). The number of carbonyl (C=O) groups is 1. The Morgan fingerprint density at radius 3 is 2.76 bits per heavy atom. The highest BCUT2D eigenvalue weighted by Gasteiger charge is 2.16. The van der Waals surface area contributed by atoms with Crippen LogP contribution in [0.5, 0.6) is 0 Å². The summed E-state index contributed by atoms with van der Waals surface area (Å²) < 4.78 is 1.76. The minimum absolute atomic E-state index is 0.260. The second-order valence-corrected chi connectivity index (χ2v) is 4.71. The molecule has 0 aliphatic heterocycles. The highest BCUT2D eigenvalue weighted by molar-refractivity contribution is 5.92. The lowest BCUT2D eigenvalue weighted by Gasteiger charge is -2.12. The van der Waals surface area contributed by atoms with Crippen LogP contribution in [0.1, 0.15) is 42.6 Å². The molecule has 0 aliphatic carbocycles. The van der Waals surface area contributed by atoms with Crippen LogP contribution in [0.2, 0.25) is 0 Å². The molecule has 112 valence electrons. The Kier molecular flexibility index (Phi) is 4.81. The van der Waals surface area contributed by atoms with Gasteiger partial charge >= 0.3 is 0 Å². The smallest absolute Gasteiger partial charge is 0.272 e. The minimum atomic E-state index is -0.292. The van der Waals surface area contributed by atoms with Crippen LogP contribution in [0.25, 0.3) is 0 Å². The lowest BCUT2D eigenvalue weighted by atomic mass is 10.3. The van der Waals surface area contributed by atoms with Gasteiger partial charge in [0.25, 0.3) is 5.91 Å². The summed E-state index contributed by atoms with van der Waals surface area (Å²) in [5.74, 6) is 1.05. The van der Waals surface area contributed by atoms with Gasteiger partial charge in [-0.3, -0.25) is 4.79 Å². The van der Waals surface area contributed by atoms with Crippen LogP contribution in [-0.4, -0.2) is 37.2 Å². The van der Waals surface area contributed by atoms with Gasteiger partial charge in [-0.25, -0.2) is 9.97 Å². The van der Waals surface area contributed by atoms with E-state index in [4.69, 9.17) is 0 Å². The molecule has 0 bridgehead atoms. The van der Waals surface area contributed by atoms with Crippen molar-refractivity contribution in [3.05, 3.63) is 30.2 Å². The number of nitrogens with zero attached hydrogens (tertiary/aromatic N) is 5. The van der Waals surface area contributed by atoms with Gasteiger partial charge in [0.2, 0.25) is 0 Å². The number of aromatic nitrogens is 5. The van der Waals surface area contributed by atoms with Crippen molar-refractivity contribution in [3.8, 4) is 0 Å². The van der Waals surface area contributed by atoms with Crippen molar-refractivity contribution >= 4 is 11.7 Å². The third-order valence-corrected chi connectivity index (χ3v) is 2.92. The van der Waals surface area contributed by atoms with Gasteiger partial charge < -0.3 is 15.2 Å². The average molecular weight is 289 g/mol. The van der Waals surface area contributed by atoms with Crippen LogP contribution in [0, 0.1) is 0 Å². The Hall–Kier alpha value is -2.51. The first kappa shape index (κ1) is 14.9. The van der Waals surface area contributed by atoms with Crippen molar-refractivity contribution in [1.29, 1.82) is 0 Å². The summed E-state index contributed by atoms with van der Waals surface area (Å²) in [6.07, 6.45) is 5.60. The molecule has 0 aliphatic rings. The fourth-order valence-electron chi connectivity index (χ4n) is 1.81. The number of carbonyl (C=O) groups excluding carboxylic acids is 1. The molecule has 2 rings (SSSR count). The maximum atomic E-state index is 12.1. The topological polar surface area (TPSA) is 97.6 Å². The predicted octanol–water partition coefficient (Wildman–Crippen LogP) is 0.918. The van der Waals surface area contributed by atoms with Crippen LogP contribution in [0.3, 0.4) is 0 Å². The van der Waals surface area contributed by atoms with Gasteiger partial charge in [-0.2, -0.15) is 0 Å². The van der Waals surface area contributed by atoms with E-state index >= 15 is 0 Å². The van der Waals surface area contributed by atoms with Gasteiger partial charge in [0.05, 0.1) is 18.4 Å². The Labute approximate surface area is 123 Å². The van der Waals surface area contributed by atoms with Crippen LogP contribution in [-0.2, 0) is 7.05 Å². The third-order valence-electron chi connectivity index (χ3n) is 2.92. The normalized spacial score (nSPS) is 12.0. The molecule has 0 saturated carbocycles. The molecule has 0 fully saturated rings. The summed E-state index contributed by atoms with van der Waals surface area (Å²) in [4.78, 5) is 20.4.